The predicted molar refractivity (Wildman–Crippen MR) is 77.2 cm³/mol. The van der Waals surface area contributed by atoms with Crippen LogP contribution in [0.5, 0.6) is 5.75 Å². The molecular weight excluding hydrogens is 310 g/mol. The molecule has 5 nitrogen and oxygen atoms in total. The highest BCUT2D eigenvalue weighted by Gasteiger charge is 2.19. The number of benzene rings is 1. The van der Waals surface area contributed by atoms with Gasteiger partial charge in [-0.25, -0.2) is 4.79 Å². The van der Waals surface area contributed by atoms with Crippen molar-refractivity contribution in [1.29, 1.82) is 0 Å². The minimum Gasteiger partial charge on any atom is -0.491 e. The van der Waals surface area contributed by atoms with Crippen LogP contribution in [0.3, 0.4) is 0 Å². The van der Waals surface area contributed by atoms with Crippen molar-refractivity contribution >= 4 is 22.0 Å². The highest BCUT2D eigenvalue weighted by molar-refractivity contribution is 9.10. The van der Waals surface area contributed by atoms with Gasteiger partial charge in [0.15, 0.2) is 0 Å². The first-order chi connectivity index (χ1) is 9.08. The predicted octanol–water partition coefficient (Wildman–Crippen LogP) is 1.87. The maximum absolute atomic E-state index is 11.4. The molecule has 0 aliphatic carbocycles. The number of carbonyl (C=O) groups excluding carboxylic acids is 1. The van der Waals surface area contributed by atoms with Crippen molar-refractivity contribution in [2.24, 2.45) is 5.73 Å². The summed E-state index contributed by atoms with van der Waals surface area (Å²) in [4.78, 5) is 13.1. The number of hydrogen-bond donors (Lipinski definition) is 2. The molecule has 1 atom stereocenters. The summed E-state index contributed by atoms with van der Waals surface area (Å²) in [7, 11) is 0. The van der Waals surface area contributed by atoms with Gasteiger partial charge in [0.25, 0.3) is 0 Å². The first kappa shape index (κ1) is 14.1. The molecule has 0 radical (unpaired) electrons. The van der Waals surface area contributed by atoms with Crippen molar-refractivity contribution in [2.45, 2.75) is 13.0 Å². The summed E-state index contributed by atoms with van der Waals surface area (Å²) in [5.74, 6) is 0.768. The van der Waals surface area contributed by atoms with Gasteiger partial charge in [0.1, 0.15) is 12.4 Å². The zero-order valence-electron chi connectivity index (χ0n) is 10.9. The van der Waals surface area contributed by atoms with E-state index in [1.807, 2.05) is 25.1 Å². The minimum atomic E-state index is -0.0850. The fourth-order valence-corrected chi connectivity index (χ4v) is 2.34. The fraction of sp³-hybridized carbons (Fsp3) is 0.462. The lowest BCUT2D eigenvalue weighted by molar-refractivity contribution is 0.202. The number of nitrogens with zero attached hydrogens (tertiary/aromatic N) is 1. The molecule has 3 N–H and O–H groups in total. The second-order valence-corrected chi connectivity index (χ2v) is 5.45. The number of nitrogens with one attached hydrogen (secondary N) is 1. The Morgan fingerprint density at radius 3 is 3.00 bits per heavy atom. The van der Waals surface area contributed by atoms with Crippen LogP contribution in [0.2, 0.25) is 0 Å². The second-order valence-electron chi connectivity index (χ2n) is 4.54. The first-order valence-electron chi connectivity index (χ1n) is 6.28. The lowest BCUT2D eigenvalue weighted by atomic mass is 10.1. The third-order valence-electron chi connectivity index (χ3n) is 3.03. The standard InChI is InChI=1S/C13H18BrN3O2/c1-9(15)11-3-2-10(14)8-12(11)19-7-6-17-5-4-16-13(17)18/h2-3,8-9H,4-7,15H2,1H3,(H,16,18). The molecule has 6 heteroatoms. The van der Waals surface area contributed by atoms with Crippen molar-refractivity contribution in [3.63, 3.8) is 0 Å². The normalized spacial score (nSPS) is 16.4. The Hall–Kier alpha value is -1.27. The monoisotopic (exact) mass is 327 g/mol. The average Bonchev–Trinajstić information content (AvgIpc) is 2.75. The van der Waals surface area contributed by atoms with E-state index in [0.717, 1.165) is 22.3 Å². The molecule has 104 valence electrons. The van der Waals surface area contributed by atoms with E-state index in [1.54, 1.807) is 4.90 Å². The second kappa shape index (κ2) is 6.25. The Balaban J connectivity index is 1.95. The third-order valence-corrected chi connectivity index (χ3v) is 3.52. The van der Waals surface area contributed by atoms with Crippen LogP contribution >= 0.6 is 15.9 Å². The molecule has 1 heterocycles. The van der Waals surface area contributed by atoms with Crippen LogP contribution in [0.1, 0.15) is 18.5 Å². The van der Waals surface area contributed by atoms with Crippen LogP contribution in [-0.2, 0) is 0 Å². The number of amides is 2. The fourth-order valence-electron chi connectivity index (χ4n) is 2.00. The summed E-state index contributed by atoms with van der Waals surface area (Å²) in [6.45, 7) is 4.41. The van der Waals surface area contributed by atoms with Gasteiger partial charge >= 0.3 is 6.03 Å². The molecule has 0 aromatic heterocycles. The molecule has 2 rings (SSSR count). The molecule has 1 aliphatic rings. The van der Waals surface area contributed by atoms with Gasteiger partial charge in [0.05, 0.1) is 6.54 Å². The molecule has 1 aromatic rings. The van der Waals surface area contributed by atoms with E-state index in [1.165, 1.54) is 0 Å². The molecule has 2 amide bonds. The summed E-state index contributed by atoms with van der Waals surface area (Å²) in [6, 6.07) is 5.69. The molecule has 0 saturated carbocycles. The first-order valence-corrected chi connectivity index (χ1v) is 7.08. The van der Waals surface area contributed by atoms with Crippen LogP contribution in [0.25, 0.3) is 0 Å². The molecular formula is C13H18BrN3O2. The lowest BCUT2D eigenvalue weighted by Crippen LogP contribution is -2.32. The van der Waals surface area contributed by atoms with Crippen LogP contribution in [0, 0.1) is 0 Å². The third kappa shape index (κ3) is 3.61. The van der Waals surface area contributed by atoms with Gasteiger partial charge in [-0.2, -0.15) is 0 Å². The quantitative estimate of drug-likeness (QED) is 0.867. The topological polar surface area (TPSA) is 67.6 Å². The Kier molecular flexibility index (Phi) is 4.66. The smallest absolute Gasteiger partial charge is 0.317 e. The van der Waals surface area contributed by atoms with E-state index in [0.29, 0.717) is 19.7 Å². The number of carbonyl (C=O) groups is 1. The van der Waals surface area contributed by atoms with Crippen LogP contribution < -0.4 is 15.8 Å². The Labute approximate surface area is 121 Å². The van der Waals surface area contributed by atoms with Crippen LogP contribution in [0.15, 0.2) is 22.7 Å². The van der Waals surface area contributed by atoms with Crippen LogP contribution in [-0.4, -0.2) is 37.2 Å². The van der Waals surface area contributed by atoms with Crippen molar-refractivity contribution in [2.75, 3.05) is 26.2 Å². The number of nitrogens with two attached hydrogens (primary N) is 1. The summed E-state index contributed by atoms with van der Waals surface area (Å²) in [6.07, 6.45) is 0. The van der Waals surface area contributed by atoms with Gasteiger partial charge in [-0.05, 0) is 19.1 Å². The molecule has 1 unspecified atom stereocenters. The summed E-state index contributed by atoms with van der Waals surface area (Å²) in [5, 5.41) is 2.76. The van der Waals surface area contributed by atoms with Gasteiger partial charge in [0, 0.05) is 29.2 Å². The van der Waals surface area contributed by atoms with Crippen LogP contribution in [0.4, 0.5) is 4.79 Å². The minimum absolute atomic E-state index is 0.0229. The zero-order chi connectivity index (χ0) is 13.8. The van der Waals surface area contributed by atoms with Gasteiger partial charge in [0.2, 0.25) is 0 Å². The van der Waals surface area contributed by atoms with Crippen molar-refractivity contribution in [1.82, 2.24) is 10.2 Å². The van der Waals surface area contributed by atoms with E-state index >= 15 is 0 Å². The molecule has 1 fully saturated rings. The highest BCUT2D eigenvalue weighted by Crippen LogP contribution is 2.27. The summed E-state index contributed by atoms with van der Waals surface area (Å²) in [5.41, 5.74) is 6.88. The SMILES string of the molecule is CC(N)c1ccc(Br)cc1OCCN1CCNC1=O. The van der Waals surface area contributed by atoms with Gasteiger partial charge in [-0.1, -0.05) is 22.0 Å². The largest absolute Gasteiger partial charge is 0.491 e. The maximum atomic E-state index is 11.4. The number of rotatable bonds is 5. The maximum Gasteiger partial charge on any atom is 0.317 e. The van der Waals surface area contributed by atoms with Gasteiger partial charge < -0.3 is 20.7 Å². The molecule has 0 spiro atoms. The van der Waals surface area contributed by atoms with Gasteiger partial charge in [-0.3, -0.25) is 0 Å². The zero-order valence-corrected chi connectivity index (χ0v) is 12.4. The van der Waals surface area contributed by atoms with Crippen molar-refractivity contribution in [3.8, 4) is 5.75 Å². The molecule has 1 aromatic carbocycles. The average molecular weight is 328 g/mol. The van der Waals surface area contributed by atoms with Crippen molar-refractivity contribution < 1.29 is 9.53 Å². The Bertz CT molecular complexity index is 465. The van der Waals surface area contributed by atoms with Gasteiger partial charge in [-0.15, -0.1) is 0 Å². The highest BCUT2D eigenvalue weighted by atomic mass is 79.9. The lowest BCUT2D eigenvalue weighted by Gasteiger charge is -2.17. The Morgan fingerprint density at radius 1 is 1.58 bits per heavy atom. The molecule has 19 heavy (non-hydrogen) atoms. The number of urea groups is 1. The molecule has 1 saturated heterocycles. The van der Waals surface area contributed by atoms with E-state index < -0.39 is 0 Å². The molecule has 1 aliphatic heterocycles. The Morgan fingerprint density at radius 2 is 2.37 bits per heavy atom. The van der Waals surface area contributed by atoms with E-state index in [2.05, 4.69) is 21.2 Å². The number of hydrogen-bond acceptors (Lipinski definition) is 3. The number of ether oxygens (including phenoxy) is 1. The summed E-state index contributed by atoms with van der Waals surface area (Å²) < 4.78 is 6.71. The summed E-state index contributed by atoms with van der Waals surface area (Å²) >= 11 is 3.42. The number of halogens is 1. The van der Waals surface area contributed by atoms with E-state index in [9.17, 15) is 4.79 Å². The van der Waals surface area contributed by atoms with Crippen molar-refractivity contribution in [3.05, 3.63) is 28.2 Å². The molecule has 0 bridgehead atoms. The van der Waals surface area contributed by atoms with E-state index in [4.69, 9.17) is 10.5 Å². The van der Waals surface area contributed by atoms with E-state index in [-0.39, 0.29) is 12.1 Å².